The highest BCUT2D eigenvalue weighted by molar-refractivity contribution is 6.13. The summed E-state index contributed by atoms with van der Waals surface area (Å²) in [4.78, 5) is 26.9. The van der Waals surface area contributed by atoms with E-state index in [-0.39, 0.29) is 35.0 Å². The largest absolute Gasteiger partial charge is 0.478 e. The van der Waals surface area contributed by atoms with Crippen molar-refractivity contribution in [2.24, 2.45) is 0 Å². The molecular formula is C13H10ClNO3. The number of carboxylic acid groups (broad SMARTS) is 1. The Bertz CT molecular complexity index is 569. The average molecular weight is 264 g/mol. The molecule has 2 aromatic rings. The smallest absolute Gasteiger partial charge is 0.336 e. The number of aromatic carboxylic acids is 1. The van der Waals surface area contributed by atoms with Crippen molar-refractivity contribution in [3.63, 3.8) is 0 Å². The van der Waals surface area contributed by atoms with Crippen molar-refractivity contribution in [3.8, 4) is 0 Å². The summed E-state index contributed by atoms with van der Waals surface area (Å²) >= 11 is 0. The fraction of sp³-hybridized carbons (Fsp3) is 0. The zero-order valence-corrected chi connectivity index (χ0v) is 10.1. The Morgan fingerprint density at radius 3 is 2.11 bits per heavy atom. The van der Waals surface area contributed by atoms with E-state index < -0.39 is 5.97 Å². The fourth-order valence-electron chi connectivity index (χ4n) is 1.50. The number of hydrogen-bond donors (Lipinski definition) is 1. The van der Waals surface area contributed by atoms with Crippen molar-refractivity contribution < 1.29 is 14.7 Å². The van der Waals surface area contributed by atoms with Crippen LogP contribution in [0.15, 0.2) is 48.7 Å². The third-order valence-corrected chi connectivity index (χ3v) is 2.30. The minimum absolute atomic E-state index is 0. The van der Waals surface area contributed by atoms with E-state index >= 15 is 0 Å². The van der Waals surface area contributed by atoms with Gasteiger partial charge in [-0.1, -0.05) is 24.3 Å². The summed E-state index contributed by atoms with van der Waals surface area (Å²) in [5.41, 5.74) is 0.378. The molecular weight excluding hydrogens is 254 g/mol. The van der Waals surface area contributed by atoms with Crippen LogP contribution >= 0.6 is 12.4 Å². The molecule has 18 heavy (non-hydrogen) atoms. The Morgan fingerprint density at radius 1 is 0.944 bits per heavy atom. The Balaban J connectivity index is 0.00000162. The molecule has 0 fully saturated rings. The average Bonchev–Trinajstić information content (AvgIpc) is 2.39. The van der Waals surface area contributed by atoms with Crippen LogP contribution in [-0.2, 0) is 0 Å². The maximum Gasteiger partial charge on any atom is 0.336 e. The monoisotopic (exact) mass is 263 g/mol. The summed E-state index contributed by atoms with van der Waals surface area (Å²) < 4.78 is 0. The van der Waals surface area contributed by atoms with E-state index in [0.717, 1.165) is 0 Å². The summed E-state index contributed by atoms with van der Waals surface area (Å²) in [6.45, 7) is 0. The van der Waals surface area contributed by atoms with Gasteiger partial charge >= 0.3 is 5.97 Å². The molecule has 0 aliphatic rings. The highest BCUT2D eigenvalue weighted by Crippen LogP contribution is 2.13. The van der Waals surface area contributed by atoms with Gasteiger partial charge in [-0.15, -0.1) is 12.4 Å². The molecule has 4 nitrogen and oxygen atoms in total. The van der Waals surface area contributed by atoms with Crippen molar-refractivity contribution in [1.82, 2.24) is 4.98 Å². The first kappa shape index (κ1) is 13.9. The Hall–Kier alpha value is -2.20. The second kappa shape index (κ2) is 5.93. The van der Waals surface area contributed by atoms with Gasteiger partial charge in [0.15, 0.2) is 0 Å². The predicted molar refractivity (Wildman–Crippen MR) is 68.3 cm³/mol. The molecule has 0 aliphatic carbocycles. The lowest BCUT2D eigenvalue weighted by atomic mass is 10.0. The van der Waals surface area contributed by atoms with E-state index in [9.17, 15) is 9.59 Å². The van der Waals surface area contributed by atoms with Gasteiger partial charge in [0.2, 0.25) is 5.78 Å². The number of halogens is 1. The van der Waals surface area contributed by atoms with Crippen LogP contribution in [0.2, 0.25) is 0 Å². The molecule has 0 bridgehead atoms. The van der Waals surface area contributed by atoms with Gasteiger partial charge in [-0.25, -0.2) is 4.79 Å². The van der Waals surface area contributed by atoms with E-state index in [0.29, 0.717) is 0 Å². The van der Waals surface area contributed by atoms with E-state index in [2.05, 4.69) is 4.98 Å². The predicted octanol–water partition coefficient (Wildman–Crippen LogP) is 2.43. The zero-order chi connectivity index (χ0) is 12.3. The van der Waals surface area contributed by atoms with Crippen molar-refractivity contribution >= 4 is 24.2 Å². The first-order chi connectivity index (χ1) is 8.20. The van der Waals surface area contributed by atoms with Crippen molar-refractivity contribution in [3.05, 3.63) is 65.5 Å². The molecule has 0 unspecified atom stereocenters. The molecule has 0 atom stereocenters. The van der Waals surface area contributed by atoms with Crippen LogP contribution in [0.1, 0.15) is 26.4 Å². The molecule has 92 valence electrons. The summed E-state index contributed by atoms with van der Waals surface area (Å²) in [6.07, 6.45) is 1.50. The number of nitrogens with zero attached hydrogens (tertiary/aromatic N) is 1. The van der Waals surface area contributed by atoms with Crippen molar-refractivity contribution in [2.45, 2.75) is 0 Å². The van der Waals surface area contributed by atoms with Crippen LogP contribution in [0, 0.1) is 0 Å². The van der Waals surface area contributed by atoms with E-state index in [1.807, 2.05) is 0 Å². The second-order valence-corrected chi connectivity index (χ2v) is 3.39. The van der Waals surface area contributed by atoms with Crippen LogP contribution in [0.25, 0.3) is 0 Å². The minimum atomic E-state index is -1.12. The molecule has 1 N–H and O–H groups in total. The molecule has 1 aromatic carbocycles. The van der Waals surface area contributed by atoms with E-state index in [1.54, 1.807) is 30.3 Å². The van der Waals surface area contributed by atoms with Gasteiger partial charge in [-0.3, -0.25) is 9.78 Å². The number of rotatable bonds is 3. The fourth-order valence-corrected chi connectivity index (χ4v) is 1.50. The van der Waals surface area contributed by atoms with Gasteiger partial charge in [-0.05, 0) is 18.2 Å². The number of benzene rings is 1. The molecule has 0 aliphatic heterocycles. The highest BCUT2D eigenvalue weighted by atomic mass is 35.5. The lowest BCUT2D eigenvalue weighted by molar-refractivity contribution is 0.0692. The van der Waals surface area contributed by atoms with Crippen LogP contribution < -0.4 is 0 Å². The topological polar surface area (TPSA) is 67.3 Å². The number of ketones is 1. The van der Waals surface area contributed by atoms with Crippen LogP contribution in [0.5, 0.6) is 0 Å². The van der Waals surface area contributed by atoms with Crippen LogP contribution in [0.4, 0.5) is 0 Å². The maximum atomic E-state index is 12.0. The molecule has 0 saturated heterocycles. The molecule has 0 radical (unpaired) electrons. The quantitative estimate of drug-likeness (QED) is 0.864. The van der Waals surface area contributed by atoms with Gasteiger partial charge in [0.1, 0.15) is 5.69 Å². The molecule has 2 rings (SSSR count). The zero-order valence-electron chi connectivity index (χ0n) is 9.24. The van der Waals surface area contributed by atoms with Crippen molar-refractivity contribution in [1.29, 1.82) is 0 Å². The minimum Gasteiger partial charge on any atom is -0.478 e. The van der Waals surface area contributed by atoms with Gasteiger partial charge in [-0.2, -0.15) is 0 Å². The van der Waals surface area contributed by atoms with Gasteiger partial charge in [0.25, 0.3) is 0 Å². The van der Waals surface area contributed by atoms with Gasteiger partial charge in [0.05, 0.1) is 5.56 Å². The third-order valence-electron chi connectivity index (χ3n) is 2.30. The summed E-state index contributed by atoms with van der Waals surface area (Å²) in [6, 6.07) is 11.0. The molecule has 0 spiro atoms. The molecule has 5 heteroatoms. The lowest BCUT2D eigenvalue weighted by Gasteiger charge is -2.03. The standard InChI is InChI=1S/C13H9NO3.ClH/c15-12(11-7-3-4-8-14-11)9-5-1-2-6-10(9)13(16)17;/h1-8H,(H,16,17);1H. The SMILES string of the molecule is Cl.O=C(O)c1ccccc1C(=O)c1ccccn1. The van der Waals surface area contributed by atoms with Crippen LogP contribution in [0.3, 0.4) is 0 Å². The summed E-state index contributed by atoms with van der Waals surface area (Å²) in [7, 11) is 0. The molecule has 0 amide bonds. The normalized spacial score (nSPS) is 9.33. The third kappa shape index (κ3) is 2.73. The number of carbonyl (C=O) groups is 2. The first-order valence-corrected chi connectivity index (χ1v) is 4.98. The lowest BCUT2D eigenvalue weighted by Crippen LogP contribution is -2.10. The number of aromatic nitrogens is 1. The number of carboxylic acids is 1. The number of hydrogen-bond acceptors (Lipinski definition) is 3. The second-order valence-electron chi connectivity index (χ2n) is 3.39. The highest BCUT2D eigenvalue weighted by Gasteiger charge is 2.17. The summed E-state index contributed by atoms with van der Waals surface area (Å²) in [5, 5.41) is 8.99. The van der Waals surface area contributed by atoms with E-state index in [4.69, 9.17) is 5.11 Å². The first-order valence-electron chi connectivity index (χ1n) is 4.98. The van der Waals surface area contributed by atoms with Gasteiger partial charge in [0, 0.05) is 11.8 Å². The molecule has 1 aromatic heterocycles. The Kier molecular flexibility index (Phi) is 4.57. The summed E-state index contributed by atoms with van der Waals surface area (Å²) in [5.74, 6) is -1.51. The Labute approximate surface area is 110 Å². The Morgan fingerprint density at radius 2 is 1.56 bits per heavy atom. The molecule has 0 saturated carbocycles. The number of pyridine rings is 1. The number of carbonyl (C=O) groups excluding carboxylic acids is 1. The molecule has 1 heterocycles. The maximum absolute atomic E-state index is 12.0. The van der Waals surface area contributed by atoms with Crippen LogP contribution in [-0.4, -0.2) is 21.8 Å². The van der Waals surface area contributed by atoms with E-state index in [1.165, 1.54) is 18.3 Å². The van der Waals surface area contributed by atoms with Gasteiger partial charge < -0.3 is 5.11 Å². The van der Waals surface area contributed by atoms with Crippen molar-refractivity contribution in [2.75, 3.05) is 0 Å².